The van der Waals surface area contributed by atoms with Gasteiger partial charge in [-0.15, -0.1) is 0 Å². The van der Waals surface area contributed by atoms with Crippen molar-refractivity contribution in [1.29, 1.82) is 0 Å². The molecule has 1 aromatic rings. The Morgan fingerprint density at radius 1 is 1.33 bits per heavy atom. The normalized spacial score (nSPS) is 23.7. The van der Waals surface area contributed by atoms with Crippen LogP contribution >= 0.6 is 0 Å². The van der Waals surface area contributed by atoms with Crippen LogP contribution in [-0.2, 0) is 0 Å². The van der Waals surface area contributed by atoms with Gasteiger partial charge in [-0.3, -0.25) is 0 Å². The van der Waals surface area contributed by atoms with Crippen molar-refractivity contribution in [3.63, 3.8) is 0 Å². The molecule has 18 heavy (non-hydrogen) atoms. The second-order valence-electron chi connectivity index (χ2n) is 5.08. The Balaban J connectivity index is 2.04. The van der Waals surface area contributed by atoms with Crippen molar-refractivity contribution < 1.29 is 9.47 Å². The molecule has 2 unspecified atom stereocenters. The number of nitrogens with two attached hydrogens (primary N) is 1. The van der Waals surface area contributed by atoms with Crippen LogP contribution in [0.2, 0.25) is 0 Å². The van der Waals surface area contributed by atoms with Gasteiger partial charge in [-0.2, -0.15) is 0 Å². The minimum Gasteiger partial charge on any atom is -0.497 e. The fourth-order valence-electron chi connectivity index (χ4n) is 2.64. The third-order valence-electron chi connectivity index (χ3n) is 3.83. The predicted octanol–water partition coefficient (Wildman–Crippen LogP) is 3.63. The lowest BCUT2D eigenvalue weighted by molar-refractivity contribution is 0.122. The molecule has 0 spiro atoms. The Morgan fingerprint density at radius 3 is 2.89 bits per heavy atom. The summed E-state index contributed by atoms with van der Waals surface area (Å²) >= 11 is 0. The van der Waals surface area contributed by atoms with E-state index in [1.807, 2.05) is 18.2 Å². The number of benzene rings is 1. The van der Waals surface area contributed by atoms with E-state index in [1.54, 1.807) is 7.11 Å². The van der Waals surface area contributed by atoms with E-state index in [-0.39, 0.29) is 0 Å². The minimum absolute atomic E-state index is 0.304. The van der Waals surface area contributed by atoms with E-state index in [1.165, 1.54) is 19.3 Å². The zero-order chi connectivity index (χ0) is 13.0. The molecule has 0 aliphatic heterocycles. The third kappa shape index (κ3) is 3.09. The quantitative estimate of drug-likeness (QED) is 0.829. The Labute approximate surface area is 109 Å². The Bertz CT molecular complexity index is 392. The van der Waals surface area contributed by atoms with Gasteiger partial charge >= 0.3 is 0 Å². The third-order valence-corrected chi connectivity index (χ3v) is 3.83. The number of hydrogen-bond acceptors (Lipinski definition) is 3. The molecule has 0 bridgehead atoms. The lowest BCUT2D eigenvalue weighted by Crippen LogP contribution is -2.25. The van der Waals surface area contributed by atoms with E-state index in [2.05, 4.69) is 6.92 Å². The molecule has 100 valence electrons. The van der Waals surface area contributed by atoms with Crippen LogP contribution in [0.1, 0.15) is 39.0 Å². The van der Waals surface area contributed by atoms with Crippen molar-refractivity contribution in [3.05, 3.63) is 18.2 Å². The summed E-state index contributed by atoms with van der Waals surface area (Å²) in [6, 6.07) is 5.58. The van der Waals surface area contributed by atoms with Gasteiger partial charge in [0.05, 0.1) is 18.9 Å². The highest BCUT2D eigenvalue weighted by Gasteiger charge is 2.22. The van der Waals surface area contributed by atoms with Crippen LogP contribution < -0.4 is 15.2 Å². The van der Waals surface area contributed by atoms with Gasteiger partial charge in [-0.05, 0) is 37.3 Å². The van der Waals surface area contributed by atoms with Gasteiger partial charge in [0.1, 0.15) is 11.5 Å². The Kier molecular flexibility index (Phi) is 4.34. The lowest BCUT2D eigenvalue weighted by atomic mass is 9.85. The summed E-state index contributed by atoms with van der Waals surface area (Å²) in [5.74, 6) is 2.36. The molecule has 1 aromatic carbocycles. The average molecular weight is 249 g/mol. The van der Waals surface area contributed by atoms with Crippen molar-refractivity contribution in [1.82, 2.24) is 0 Å². The first kappa shape index (κ1) is 13.1. The molecule has 3 nitrogen and oxygen atoms in total. The summed E-state index contributed by atoms with van der Waals surface area (Å²) in [5.41, 5.74) is 6.64. The summed E-state index contributed by atoms with van der Waals surface area (Å²) in [6.07, 6.45) is 6.42. The number of ether oxygens (including phenoxy) is 2. The van der Waals surface area contributed by atoms with E-state index >= 15 is 0 Å². The summed E-state index contributed by atoms with van der Waals surface area (Å²) in [7, 11) is 1.66. The molecular formula is C15H23NO2. The molecular weight excluding hydrogens is 226 g/mol. The van der Waals surface area contributed by atoms with Crippen molar-refractivity contribution in [2.24, 2.45) is 5.92 Å². The molecule has 1 aliphatic carbocycles. The van der Waals surface area contributed by atoms with Gasteiger partial charge < -0.3 is 15.2 Å². The van der Waals surface area contributed by atoms with Crippen LogP contribution in [0.5, 0.6) is 11.5 Å². The Morgan fingerprint density at radius 2 is 2.17 bits per heavy atom. The minimum atomic E-state index is 0.304. The van der Waals surface area contributed by atoms with Crippen molar-refractivity contribution in [3.8, 4) is 11.5 Å². The smallest absolute Gasteiger partial charge is 0.146 e. The highest BCUT2D eigenvalue weighted by atomic mass is 16.5. The molecule has 2 rings (SSSR count). The van der Waals surface area contributed by atoms with E-state index in [9.17, 15) is 0 Å². The predicted molar refractivity (Wildman–Crippen MR) is 74.1 cm³/mol. The SMILES string of the molecule is CCC1CCCC(Oc2cc(OC)ccc2N)C1. The van der Waals surface area contributed by atoms with Crippen LogP contribution in [0.15, 0.2) is 18.2 Å². The first-order chi connectivity index (χ1) is 8.72. The van der Waals surface area contributed by atoms with Gasteiger partial charge in [0.25, 0.3) is 0 Å². The van der Waals surface area contributed by atoms with Crippen LogP contribution in [0.25, 0.3) is 0 Å². The van der Waals surface area contributed by atoms with Gasteiger partial charge in [0, 0.05) is 6.07 Å². The molecule has 1 aliphatic rings. The van der Waals surface area contributed by atoms with Crippen LogP contribution in [-0.4, -0.2) is 13.2 Å². The highest BCUT2D eigenvalue weighted by Crippen LogP contribution is 2.33. The summed E-state index contributed by atoms with van der Waals surface area (Å²) in [6.45, 7) is 2.26. The molecule has 1 fully saturated rings. The summed E-state index contributed by atoms with van der Waals surface area (Å²) in [5, 5.41) is 0. The average Bonchev–Trinajstić information content (AvgIpc) is 2.41. The number of methoxy groups -OCH3 is 1. The van der Waals surface area contributed by atoms with Gasteiger partial charge in [0.15, 0.2) is 0 Å². The maximum Gasteiger partial charge on any atom is 0.146 e. The van der Waals surface area contributed by atoms with Crippen LogP contribution in [0.3, 0.4) is 0 Å². The molecule has 0 radical (unpaired) electrons. The van der Waals surface area contributed by atoms with E-state index in [4.69, 9.17) is 15.2 Å². The molecule has 0 amide bonds. The maximum atomic E-state index is 6.06. The van der Waals surface area contributed by atoms with E-state index in [0.717, 1.165) is 30.3 Å². The number of nitrogen functional groups attached to an aromatic ring is 1. The Hall–Kier alpha value is -1.38. The molecule has 2 N–H and O–H groups in total. The first-order valence-corrected chi connectivity index (χ1v) is 6.83. The van der Waals surface area contributed by atoms with Crippen molar-refractivity contribution in [2.75, 3.05) is 12.8 Å². The van der Waals surface area contributed by atoms with E-state index in [0.29, 0.717) is 11.8 Å². The second-order valence-corrected chi connectivity index (χ2v) is 5.08. The summed E-state index contributed by atoms with van der Waals surface area (Å²) < 4.78 is 11.3. The highest BCUT2D eigenvalue weighted by molar-refractivity contribution is 5.55. The molecule has 3 heteroatoms. The van der Waals surface area contributed by atoms with Gasteiger partial charge in [-0.25, -0.2) is 0 Å². The largest absolute Gasteiger partial charge is 0.497 e. The molecule has 0 heterocycles. The summed E-state index contributed by atoms with van der Waals surface area (Å²) in [4.78, 5) is 0. The molecule has 0 aromatic heterocycles. The van der Waals surface area contributed by atoms with Crippen LogP contribution in [0, 0.1) is 5.92 Å². The second kappa shape index (κ2) is 5.98. The van der Waals surface area contributed by atoms with Crippen molar-refractivity contribution >= 4 is 5.69 Å². The zero-order valence-corrected chi connectivity index (χ0v) is 11.3. The van der Waals surface area contributed by atoms with Gasteiger partial charge in [0.2, 0.25) is 0 Å². The number of hydrogen-bond donors (Lipinski definition) is 1. The van der Waals surface area contributed by atoms with Crippen molar-refractivity contribution in [2.45, 2.75) is 45.1 Å². The number of rotatable bonds is 4. The van der Waals surface area contributed by atoms with E-state index < -0.39 is 0 Å². The zero-order valence-electron chi connectivity index (χ0n) is 11.3. The monoisotopic (exact) mass is 249 g/mol. The fraction of sp³-hybridized carbons (Fsp3) is 0.600. The molecule has 2 atom stereocenters. The molecule has 1 saturated carbocycles. The number of anilines is 1. The fourth-order valence-corrected chi connectivity index (χ4v) is 2.64. The van der Waals surface area contributed by atoms with Gasteiger partial charge in [-0.1, -0.05) is 19.8 Å². The van der Waals surface area contributed by atoms with Crippen LogP contribution in [0.4, 0.5) is 5.69 Å². The first-order valence-electron chi connectivity index (χ1n) is 6.83. The maximum absolute atomic E-state index is 6.06. The topological polar surface area (TPSA) is 44.5 Å². The lowest BCUT2D eigenvalue weighted by Gasteiger charge is -2.29. The molecule has 0 saturated heterocycles. The standard InChI is InChI=1S/C15H23NO2/c1-3-11-5-4-6-13(9-11)18-15-10-12(17-2)7-8-14(15)16/h7-8,10-11,13H,3-6,9,16H2,1-2H3.